The van der Waals surface area contributed by atoms with Crippen LogP contribution in [-0.2, 0) is 4.74 Å². The molecule has 1 aromatic rings. The summed E-state index contributed by atoms with van der Waals surface area (Å²) in [5, 5.41) is 0. The zero-order valence-corrected chi connectivity index (χ0v) is 12.1. The summed E-state index contributed by atoms with van der Waals surface area (Å²) in [5.41, 5.74) is 0.377. The van der Waals surface area contributed by atoms with Crippen molar-refractivity contribution in [2.75, 3.05) is 6.61 Å². The van der Waals surface area contributed by atoms with Crippen LogP contribution < -0.4 is 4.74 Å². The maximum Gasteiger partial charge on any atom is 0.338 e. The first-order chi connectivity index (χ1) is 8.58. The molecule has 18 heavy (non-hydrogen) atoms. The molecule has 0 aromatic heterocycles. The lowest BCUT2D eigenvalue weighted by Crippen LogP contribution is -2.28. The highest BCUT2D eigenvalue weighted by Gasteiger charge is 2.17. The summed E-state index contributed by atoms with van der Waals surface area (Å²) in [7, 11) is -0.728. The summed E-state index contributed by atoms with van der Waals surface area (Å²) in [5.74, 6) is 0.444. The van der Waals surface area contributed by atoms with Gasteiger partial charge in [-0.15, -0.1) is 0 Å². The topological polar surface area (TPSA) is 35.5 Å². The quantitative estimate of drug-likeness (QED) is 0.449. The van der Waals surface area contributed by atoms with E-state index < -0.39 is 8.80 Å². The Balaban J connectivity index is 2.69. The van der Waals surface area contributed by atoms with Crippen molar-refractivity contribution in [3.05, 3.63) is 42.5 Å². The van der Waals surface area contributed by atoms with Crippen LogP contribution >= 0.6 is 0 Å². The summed E-state index contributed by atoms with van der Waals surface area (Å²) in [4.78, 5) is 11.9. The number of carbonyl (C=O) groups is 1. The number of esters is 1. The van der Waals surface area contributed by atoms with Crippen LogP contribution in [0.15, 0.2) is 36.9 Å². The summed E-state index contributed by atoms with van der Waals surface area (Å²) in [6, 6.07) is 6.97. The predicted octanol–water partition coefficient (Wildman–Crippen LogP) is 3.09. The number of ether oxygens (including phenoxy) is 2. The van der Waals surface area contributed by atoms with Gasteiger partial charge in [0, 0.05) is 0 Å². The molecular formula is C14H19O3Si. The summed E-state index contributed by atoms with van der Waals surface area (Å²) in [6.07, 6.45) is 1.70. The Bertz CT molecular complexity index is 398. The third-order valence-electron chi connectivity index (χ3n) is 2.42. The van der Waals surface area contributed by atoms with Gasteiger partial charge >= 0.3 is 5.97 Å². The molecule has 0 saturated heterocycles. The second-order valence-electron chi connectivity index (χ2n) is 4.10. The van der Waals surface area contributed by atoms with Crippen LogP contribution in [0.5, 0.6) is 5.75 Å². The van der Waals surface area contributed by atoms with Crippen LogP contribution in [0, 0.1) is 0 Å². The molecule has 1 aromatic carbocycles. The van der Waals surface area contributed by atoms with Gasteiger partial charge in [-0.3, -0.25) is 0 Å². The van der Waals surface area contributed by atoms with Gasteiger partial charge in [0.15, 0.2) is 0 Å². The molecule has 0 aliphatic carbocycles. The second kappa shape index (κ2) is 7.01. The van der Waals surface area contributed by atoms with Crippen molar-refractivity contribution in [1.82, 2.24) is 0 Å². The van der Waals surface area contributed by atoms with Crippen molar-refractivity contribution in [2.24, 2.45) is 0 Å². The third-order valence-corrected chi connectivity index (χ3v) is 3.91. The van der Waals surface area contributed by atoms with Crippen molar-refractivity contribution in [2.45, 2.75) is 25.7 Å². The molecule has 3 nitrogen and oxygen atoms in total. The van der Waals surface area contributed by atoms with Gasteiger partial charge in [0.25, 0.3) is 0 Å². The van der Waals surface area contributed by atoms with Crippen LogP contribution in [-0.4, -0.2) is 27.1 Å². The fourth-order valence-corrected chi connectivity index (χ4v) is 2.25. The Kier molecular flexibility index (Phi) is 5.65. The van der Waals surface area contributed by atoms with Gasteiger partial charge in [0.05, 0.1) is 21.0 Å². The SMILES string of the molecule is C=CC(OC(=O)c1ccc(OCC)cc1)[Si](C)C. The van der Waals surface area contributed by atoms with Crippen LogP contribution in [0.3, 0.4) is 0 Å². The third kappa shape index (κ3) is 4.03. The van der Waals surface area contributed by atoms with E-state index in [2.05, 4.69) is 19.7 Å². The lowest BCUT2D eigenvalue weighted by Gasteiger charge is -2.16. The van der Waals surface area contributed by atoms with Gasteiger partial charge in [-0.2, -0.15) is 0 Å². The Morgan fingerprint density at radius 1 is 1.39 bits per heavy atom. The van der Waals surface area contributed by atoms with E-state index in [1.807, 2.05) is 6.92 Å². The molecule has 97 valence electrons. The Morgan fingerprint density at radius 2 is 2.00 bits per heavy atom. The van der Waals surface area contributed by atoms with Gasteiger partial charge in [-0.05, 0) is 31.2 Å². The smallest absolute Gasteiger partial charge is 0.338 e. The normalized spacial score (nSPS) is 12.0. The molecule has 0 aliphatic heterocycles. The molecule has 4 heteroatoms. The molecule has 0 fully saturated rings. The molecule has 0 saturated carbocycles. The minimum absolute atomic E-state index is 0.158. The molecule has 0 aliphatic rings. The average molecular weight is 263 g/mol. The monoisotopic (exact) mass is 263 g/mol. The first-order valence-corrected chi connectivity index (χ1v) is 8.52. The van der Waals surface area contributed by atoms with Gasteiger partial charge in [-0.1, -0.05) is 25.7 Å². The van der Waals surface area contributed by atoms with E-state index >= 15 is 0 Å². The maximum atomic E-state index is 11.9. The second-order valence-corrected chi connectivity index (χ2v) is 6.82. The number of carbonyl (C=O) groups excluding carboxylic acids is 1. The van der Waals surface area contributed by atoms with Gasteiger partial charge < -0.3 is 9.47 Å². The molecule has 0 bridgehead atoms. The highest BCUT2D eigenvalue weighted by atomic mass is 28.3. The number of hydrogen-bond donors (Lipinski definition) is 0. The average Bonchev–Trinajstić information content (AvgIpc) is 2.36. The molecule has 0 spiro atoms. The highest BCUT2D eigenvalue weighted by molar-refractivity contribution is 6.58. The van der Waals surface area contributed by atoms with Crippen molar-refractivity contribution in [3.63, 3.8) is 0 Å². The first-order valence-electron chi connectivity index (χ1n) is 5.95. The summed E-state index contributed by atoms with van der Waals surface area (Å²) < 4.78 is 10.7. The van der Waals surface area contributed by atoms with E-state index in [0.29, 0.717) is 12.2 Å². The van der Waals surface area contributed by atoms with Crippen LogP contribution in [0.1, 0.15) is 17.3 Å². The van der Waals surface area contributed by atoms with E-state index in [-0.39, 0.29) is 11.7 Å². The van der Waals surface area contributed by atoms with Gasteiger partial charge in [0.2, 0.25) is 0 Å². The largest absolute Gasteiger partial charge is 0.494 e. The lowest BCUT2D eigenvalue weighted by molar-refractivity contribution is 0.0495. The zero-order chi connectivity index (χ0) is 13.5. The first kappa shape index (κ1) is 14.5. The molecule has 1 radical (unpaired) electrons. The molecular weight excluding hydrogens is 244 g/mol. The Labute approximate surface area is 110 Å². The molecule has 1 rings (SSSR count). The van der Waals surface area contributed by atoms with Crippen LogP contribution in [0.4, 0.5) is 0 Å². The van der Waals surface area contributed by atoms with Crippen molar-refractivity contribution >= 4 is 14.8 Å². The summed E-state index contributed by atoms with van der Waals surface area (Å²) in [6.45, 7) is 10.4. The maximum absolute atomic E-state index is 11.9. The molecule has 0 N–H and O–H groups in total. The van der Waals surface area contributed by atoms with E-state index in [9.17, 15) is 4.79 Å². The predicted molar refractivity (Wildman–Crippen MR) is 74.5 cm³/mol. The van der Waals surface area contributed by atoms with Crippen LogP contribution in [0.2, 0.25) is 13.1 Å². The minimum atomic E-state index is -0.728. The van der Waals surface area contributed by atoms with E-state index in [1.165, 1.54) is 0 Å². The van der Waals surface area contributed by atoms with E-state index in [0.717, 1.165) is 5.75 Å². The number of rotatable bonds is 6. The standard InChI is InChI=1S/C14H19O3Si/c1-5-13(18(3)4)17-14(15)11-7-9-12(10-8-11)16-6-2/h5,7-10,13H,1,6H2,2-4H3. The molecule has 1 unspecified atom stereocenters. The minimum Gasteiger partial charge on any atom is -0.494 e. The molecule has 1 atom stereocenters. The van der Waals surface area contributed by atoms with E-state index in [1.54, 1.807) is 30.3 Å². The Morgan fingerprint density at radius 3 is 2.44 bits per heavy atom. The highest BCUT2D eigenvalue weighted by Crippen LogP contribution is 2.14. The molecule has 0 amide bonds. The van der Waals surface area contributed by atoms with Crippen molar-refractivity contribution in [3.8, 4) is 5.75 Å². The van der Waals surface area contributed by atoms with E-state index in [4.69, 9.17) is 9.47 Å². The lowest BCUT2D eigenvalue weighted by atomic mass is 10.2. The van der Waals surface area contributed by atoms with Crippen LogP contribution in [0.25, 0.3) is 0 Å². The number of benzene rings is 1. The Hall–Kier alpha value is -1.55. The fourth-order valence-electron chi connectivity index (χ4n) is 1.44. The summed E-state index contributed by atoms with van der Waals surface area (Å²) >= 11 is 0. The van der Waals surface area contributed by atoms with Gasteiger partial charge in [0.1, 0.15) is 11.5 Å². The number of hydrogen-bond acceptors (Lipinski definition) is 3. The molecule has 0 heterocycles. The van der Waals surface area contributed by atoms with Crippen molar-refractivity contribution in [1.29, 1.82) is 0 Å². The zero-order valence-electron chi connectivity index (χ0n) is 11.1. The fraction of sp³-hybridized carbons (Fsp3) is 0.357. The van der Waals surface area contributed by atoms with Gasteiger partial charge in [-0.25, -0.2) is 4.79 Å². The van der Waals surface area contributed by atoms with Crippen molar-refractivity contribution < 1.29 is 14.3 Å².